The van der Waals surface area contributed by atoms with Crippen LogP contribution in [0.3, 0.4) is 0 Å². The summed E-state index contributed by atoms with van der Waals surface area (Å²) in [5.41, 5.74) is 1.62. The second-order valence-corrected chi connectivity index (χ2v) is 7.88. The highest BCUT2D eigenvalue weighted by Gasteiger charge is 2.20. The van der Waals surface area contributed by atoms with Gasteiger partial charge < -0.3 is 19.2 Å². The van der Waals surface area contributed by atoms with E-state index in [1.165, 1.54) is 49.4 Å². The van der Waals surface area contributed by atoms with Gasteiger partial charge in [-0.25, -0.2) is 14.0 Å². The van der Waals surface area contributed by atoms with Crippen molar-refractivity contribution in [3.8, 4) is 16.9 Å². The van der Waals surface area contributed by atoms with Gasteiger partial charge in [0.25, 0.3) is 0 Å². The summed E-state index contributed by atoms with van der Waals surface area (Å²) in [4.78, 5) is 37.5. The number of hydrogen-bond acceptors (Lipinski definition) is 6. The van der Waals surface area contributed by atoms with Crippen LogP contribution in [0.2, 0.25) is 0 Å². The average Bonchev–Trinajstić information content (AvgIpc) is 2.84. The number of hydrogen-bond donors (Lipinski definition) is 1. The van der Waals surface area contributed by atoms with Gasteiger partial charge in [-0.2, -0.15) is 0 Å². The maximum atomic E-state index is 13.3. The Labute approximate surface area is 200 Å². The fourth-order valence-electron chi connectivity index (χ4n) is 3.50. The van der Waals surface area contributed by atoms with E-state index in [0.29, 0.717) is 16.9 Å². The molecule has 8 heteroatoms. The van der Waals surface area contributed by atoms with Crippen LogP contribution in [0.1, 0.15) is 18.2 Å². The van der Waals surface area contributed by atoms with Gasteiger partial charge in [-0.3, -0.25) is 4.79 Å². The highest BCUT2D eigenvalue weighted by Crippen LogP contribution is 2.26. The number of carbonyl (C=O) groups excluding carboxylic acids is 2. The molecule has 1 amide bonds. The summed E-state index contributed by atoms with van der Waals surface area (Å²) in [6, 6.07) is 18.1. The number of fused-ring (bicyclic) bond motifs is 1. The molecule has 1 heterocycles. The molecule has 0 radical (unpaired) electrons. The Kier molecular flexibility index (Phi) is 6.91. The lowest BCUT2D eigenvalue weighted by Crippen LogP contribution is -2.41. The van der Waals surface area contributed by atoms with Crippen LogP contribution in [0.15, 0.2) is 82.0 Å². The van der Waals surface area contributed by atoms with Crippen molar-refractivity contribution in [2.24, 2.45) is 0 Å². The zero-order valence-electron chi connectivity index (χ0n) is 19.0. The van der Waals surface area contributed by atoms with Gasteiger partial charge in [0.15, 0.2) is 0 Å². The molecule has 0 aliphatic carbocycles. The zero-order chi connectivity index (χ0) is 24.9. The lowest BCUT2D eigenvalue weighted by Gasteiger charge is -2.14. The largest absolute Gasteiger partial charge is 0.460 e. The number of ether oxygens (including phenoxy) is 2. The minimum Gasteiger partial charge on any atom is -0.460 e. The molecule has 1 aromatic heterocycles. The zero-order valence-corrected chi connectivity index (χ0v) is 19.0. The number of aryl methyl sites for hydroxylation is 1. The molecule has 0 saturated heterocycles. The van der Waals surface area contributed by atoms with E-state index in [2.05, 4.69) is 5.32 Å². The second-order valence-electron chi connectivity index (χ2n) is 7.88. The summed E-state index contributed by atoms with van der Waals surface area (Å²) in [6.45, 7) is 3.16. The number of rotatable bonds is 6. The van der Waals surface area contributed by atoms with Crippen LogP contribution in [-0.2, 0) is 16.1 Å². The molecular weight excluding hydrogens is 453 g/mol. The fraction of sp³-hybridized carbons (Fsp3) is 0.148. The van der Waals surface area contributed by atoms with Crippen LogP contribution in [-0.4, -0.2) is 18.1 Å². The number of halogens is 1. The summed E-state index contributed by atoms with van der Waals surface area (Å²) >= 11 is 0. The predicted molar refractivity (Wildman–Crippen MR) is 127 cm³/mol. The smallest absolute Gasteiger partial charge is 0.408 e. The number of nitrogens with one attached hydrogen (secondary N) is 1. The van der Waals surface area contributed by atoms with Crippen molar-refractivity contribution >= 4 is 23.0 Å². The van der Waals surface area contributed by atoms with Gasteiger partial charge >= 0.3 is 12.1 Å². The van der Waals surface area contributed by atoms with Crippen LogP contribution in [0.4, 0.5) is 9.18 Å². The Morgan fingerprint density at radius 2 is 1.74 bits per heavy atom. The lowest BCUT2D eigenvalue weighted by molar-refractivity contribution is -0.136. The lowest BCUT2D eigenvalue weighted by atomic mass is 10.0. The van der Waals surface area contributed by atoms with Crippen molar-refractivity contribution in [2.75, 3.05) is 0 Å². The van der Waals surface area contributed by atoms with E-state index in [-0.39, 0.29) is 28.8 Å². The highest BCUT2D eigenvalue weighted by atomic mass is 19.1. The van der Waals surface area contributed by atoms with Gasteiger partial charge in [-0.05, 0) is 49.2 Å². The first-order valence-corrected chi connectivity index (χ1v) is 10.8. The first-order valence-electron chi connectivity index (χ1n) is 10.8. The minimum absolute atomic E-state index is 0.0669. The normalized spacial score (nSPS) is 11.6. The van der Waals surface area contributed by atoms with E-state index in [0.717, 1.165) is 5.56 Å². The van der Waals surface area contributed by atoms with Crippen LogP contribution >= 0.6 is 0 Å². The molecule has 0 aliphatic heterocycles. The third kappa shape index (κ3) is 5.55. The molecule has 1 atom stereocenters. The third-order valence-corrected chi connectivity index (χ3v) is 5.29. The molecule has 7 nitrogen and oxygen atoms in total. The molecular formula is C27H22FNO6. The summed E-state index contributed by atoms with van der Waals surface area (Å²) in [6.07, 6.45) is -0.758. The number of amides is 1. The van der Waals surface area contributed by atoms with Gasteiger partial charge in [0.1, 0.15) is 35.6 Å². The Morgan fingerprint density at radius 3 is 2.46 bits per heavy atom. The van der Waals surface area contributed by atoms with Gasteiger partial charge in [0.05, 0.1) is 10.9 Å². The Balaban J connectivity index is 1.44. The first kappa shape index (κ1) is 23.7. The maximum absolute atomic E-state index is 13.3. The summed E-state index contributed by atoms with van der Waals surface area (Å²) in [5.74, 6) is -0.640. The molecule has 1 N–H and O–H groups in total. The number of carbonyl (C=O) groups is 2. The molecule has 4 rings (SSSR count). The van der Waals surface area contributed by atoms with E-state index in [4.69, 9.17) is 13.9 Å². The van der Waals surface area contributed by atoms with E-state index < -0.39 is 23.9 Å². The standard InChI is InChI=1S/C27H22FNO6/c1-16(29-27(32)33-15-18-6-4-3-5-7-18)26(31)35-21-12-13-22-23(14-21)34-17(2)24(25(22)30)19-8-10-20(28)11-9-19/h3-14,16H,15H2,1-2H3,(H,29,32). The number of benzene rings is 3. The van der Waals surface area contributed by atoms with Crippen LogP contribution in [0.5, 0.6) is 5.75 Å². The first-order chi connectivity index (χ1) is 16.8. The van der Waals surface area contributed by atoms with Crippen LogP contribution < -0.4 is 15.5 Å². The van der Waals surface area contributed by atoms with Crippen molar-refractivity contribution in [3.63, 3.8) is 0 Å². The van der Waals surface area contributed by atoms with Gasteiger partial charge in [0, 0.05) is 6.07 Å². The van der Waals surface area contributed by atoms with Crippen molar-refractivity contribution < 1.29 is 27.9 Å². The molecule has 178 valence electrons. The number of alkyl carbamates (subject to hydrolysis) is 1. The van der Waals surface area contributed by atoms with E-state index in [1.54, 1.807) is 6.92 Å². The molecule has 0 aliphatic rings. The highest BCUT2D eigenvalue weighted by molar-refractivity contribution is 5.86. The minimum atomic E-state index is -0.983. The summed E-state index contributed by atoms with van der Waals surface area (Å²) in [5, 5.41) is 2.70. The van der Waals surface area contributed by atoms with Crippen LogP contribution in [0, 0.1) is 12.7 Å². The van der Waals surface area contributed by atoms with Gasteiger partial charge in [-0.15, -0.1) is 0 Å². The van der Waals surface area contributed by atoms with Crippen molar-refractivity contribution in [2.45, 2.75) is 26.5 Å². The van der Waals surface area contributed by atoms with Crippen molar-refractivity contribution in [3.05, 3.63) is 100 Å². The molecule has 35 heavy (non-hydrogen) atoms. The van der Waals surface area contributed by atoms with Gasteiger partial charge in [-0.1, -0.05) is 42.5 Å². The SMILES string of the molecule is Cc1oc2cc(OC(=O)C(C)NC(=O)OCc3ccccc3)ccc2c(=O)c1-c1ccc(F)cc1. The Morgan fingerprint density at radius 1 is 1.03 bits per heavy atom. The maximum Gasteiger partial charge on any atom is 0.408 e. The van der Waals surface area contributed by atoms with Gasteiger partial charge in [0.2, 0.25) is 5.43 Å². The quantitative estimate of drug-likeness (QED) is 0.307. The second kappa shape index (κ2) is 10.2. The monoisotopic (exact) mass is 475 g/mol. The fourth-order valence-corrected chi connectivity index (χ4v) is 3.50. The van der Waals surface area contributed by atoms with E-state index in [1.807, 2.05) is 30.3 Å². The van der Waals surface area contributed by atoms with Crippen LogP contribution in [0.25, 0.3) is 22.1 Å². The topological polar surface area (TPSA) is 94.8 Å². The van der Waals surface area contributed by atoms with Crippen molar-refractivity contribution in [1.82, 2.24) is 5.32 Å². The molecule has 3 aromatic carbocycles. The Hall–Kier alpha value is -4.46. The molecule has 0 spiro atoms. The average molecular weight is 475 g/mol. The van der Waals surface area contributed by atoms with E-state index >= 15 is 0 Å². The predicted octanol–water partition coefficient (Wildman–Crippen LogP) is 5.13. The van der Waals surface area contributed by atoms with Crippen molar-refractivity contribution in [1.29, 1.82) is 0 Å². The molecule has 1 unspecified atom stereocenters. The molecule has 0 fully saturated rings. The Bertz CT molecular complexity index is 1430. The summed E-state index contributed by atoms with van der Waals surface area (Å²) in [7, 11) is 0. The van der Waals surface area contributed by atoms with E-state index in [9.17, 15) is 18.8 Å². The number of esters is 1. The molecule has 0 saturated carbocycles. The molecule has 0 bridgehead atoms. The molecule has 4 aromatic rings. The third-order valence-electron chi connectivity index (χ3n) is 5.29. The summed E-state index contributed by atoms with van der Waals surface area (Å²) < 4.78 is 29.5.